The number of fused-ring (bicyclic) bond motifs is 1. The Morgan fingerprint density at radius 1 is 1.00 bits per heavy atom. The van der Waals surface area contributed by atoms with Crippen LogP contribution in [-0.2, 0) is 4.79 Å². The molecule has 1 aromatic rings. The van der Waals surface area contributed by atoms with E-state index in [0.29, 0.717) is 23.7 Å². The van der Waals surface area contributed by atoms with Gasteiger partial charge in [0, 0.05) is 44.5 Å². The van der Waals surface area contributed by atoms with E-state index in [1.807, 2.05) is 6.20 Å². The molecule has 1 amide bonds. The third-order valence-corrected chi connectivity index (χ3v) is 5.94. The highest BCUT2D eigenvalue weighted by molar-refractivity contribution is 5.79. The second-order valence-corrected chi connectivity index (χ2v) is 7.40. The predicted molar refractivity (Wildman–Crippen MR) is 89.0 cm³/mol. The van der Waals surface area contributed by atoms with Gasteiger partial charge in [0.15, 0.2) is 0 Å². The monoisotopic (exact) mass is 314 g/mol. The molecule has 1 aliphatic carbocycles. The molecule has 1 saturated carbocycles. The number of aromatic nitrogens is 2. The number of hydrogen-bond donors (Lipinski definition) is 0. The van der Waals surface area contributed by atoms with Crippen LogP contribution in [0.2, 0.25) is 0 Å². The lowest BCUT2D eigenvalue weighted by Gasteiger charge is -2.34. The molecule has 5 nitrogen and oxygen atoms in total. The van der Waals surface area contributed by atoms with Gasteiger partial charge in [0.25, 0.3) is 0 Å². The van der Waals surface area contributed by atoms with E-state index in [-0.39, 0.29) is 0 Å². The summed E-state index contributed by atoms with van der Waals surface area (Å²) in [5.41, 5.74) is 0. The number of hydrogen-bond acceptors (Lipinski definition) is 4. The van der Waals surface area contributed by atoms with Crippen LogP contribution < -0.4 is 4.90 Å². The standard InChI is InChI=1S/C18H26N4O/c23-18(14-4-2-1-3-5-14)22-11-15-6-9-21(12-16(15)13-22)17-10-19-7-8-20-17/h7-8,10,14-16H,1-6,9,11-13H2/t15-,16+/m0/s1. The van der Waals surface area contributed by atoms with Crippen molar-refractivity contribution >= 4 is 11.7 Å². The fraction of sp³-hybridized carbons (Fsp3) is 0.722. The highest BCUT2D eigenvalue weighted by Gasteiger charge is 2.40. The van der Waals surface area contributed by atoms with Crippen LogP contribution in [0.5, 0.6) is 0 Å². The molecule has 124 valence electrons. The maximum Gasteiger partial charge on any atom is 0.225 e. The van der Waals surface area contributed by atoms with Crippen LogP contribution in [-0.4, -0.2) is 47.0 Å². The molecule has 0 N–H and O–H groups in total. The van der Waals surface area contributed by atoms with Gasteiger partial charge in [-0.3, -0.25) is 9.78 Å². The number of anilines is 1. The summed E-state index contributed by atoms with van der Waals surface area (Å²) in [7, 11) is 0. The summed E-state index contributed by atoms with van der Waals surface area (Å²) in [6, 6.07) is 0. The molecule has 1 aromatic heterocycles. The molecule has 2 atom stereocenters. The molecule has 5 heteroatoms. The highest BCUT2D eigenvalue weighted by Crippen LogP contribution is 2.35. The van der Waals surface area contributed by atoms with Crippen LogP contribution in [0.15, 0.2) is 18.6 Å². The Labute approximate surface area is 138 Å². The minimum Gasteiger partial charge on any atom is -0.355 e. The van der Waals surface area contributed by atoms with Crippen molar-refractivity contribution in [3.05, 3.63) is 18.6 Å². The topological polar surface area (TPSA) is 49.3 Å². The van der Waals surface area contributed by atoms with Crippen LogP contribution in [0.1, 0.15) is 38.5 Å². The number of likely N-dealkylation sites (tertiary alicyclic amines) is 1. The average molecular weight is 314 g/mol. The Kier molecular flexibility index (Phi) is 4.19. The van der Waals surface area contributed by atoms with E-state index in [4.69, 9.17) is 0 Å². The molecule has 2 aliphatic heterocycles. The van der Waals surface area contributed by atoms with Crippen molar-refractivity contribution in [3.63, 3.8) is 0 Å². The van der Waals surface area contributed by atoms with E-state index >= 15 is 0 Å². The van der Waals surface area contributed by atoms with Gasteiger partial charge in [-0.05, 0) is 31.1 Å². The Morgan fingerprint density at radius 3 is 2.61 bits per heavy atom. The Balaban J connectivity index is 1.38. The fourth-order valence-corrected chi connectivity index (χ4v) is 4.62. The molecule has 3 fully saturated rings. The second kappa shape index (κ2) is 6.46. The molecular formula is C18H26N4O. The smallest absolute Gasteiger partial charge is 0.225 e. The van der Waals surface area contributed by atoms with Gasteiger partial charge in [0.1, 0.15) is 5.82 Å². The lowest BCUT2D eigenvalue weighted by Crippen LogP contribution is -2.40. The Bertz CT molecular complexity index is 543. The van der Waals surface area contributed by atoms with Crippen molar-refractivity contribution in [3.8, 4) is 0 Å². The number of carbonyl (C=O) groups excluding carboxylic acids is 1. The van der Waals surface area contributed by atoms with Crippen molar-refractivity contribution in [2.24, 2.45) is 17.8 Å². The minimum atomic E-state index is 0.306. The molecular weight excluding hydrogens is 288 g/mol. The summed E-state index contributed by atoms with van der Waals surface area (Å²) >= 11 is 0. The van der Waals surface area contributed by atoms with E-state index in [2.05, 4.69) is 19.8 Å². The van der Waals surface area contributed by atoms with Crippen LogP contribution in [0.25, 0.3) is 0 Å². The summed E-state index contributed by atoms with van der Waals surface area (Å²) < 4.78 is 0. The molecule has 0 aromatic carbocycles. The third-order valence-electron chi connectivity index (χ3n) is 5.94. The van der Waals surface area contributed by atoms with Gasteiger partial charge < -0.3 is 9.80 Å². The lowest BCUT2D eigenvalue weighted by molar-refractivity contribution is -0.135. The Morgan fingerprint density at radius 2 is 1.83 bits per heavy atom. The van der Waals surface area contributed by atoms with Gasteiger partial charge in [-0.15, -0.1) is 0 Å². The number of nitrogens with zero attached hydrogens (tertiary/aromatic N) is 4. The minimum absolute atomic E-state index is 0.306. The van der Waals surface area contributed by atoms with Crippen molar-refractivity contribution in [1.29, 1.82) is 0 Å². The van der Waals surface area contributed by atoms with E-state index in [0.717, 1.165) is 51.3 Å². The molecule has 0 spiro atoms. The molecule has 0 bridgehead atoms. The zero-order chi connectivity index (χ0) is 15.6. The lowest BCUT2D eigenvalue weighted by atomic mass is 9.88. The van der Waals surface area contributed by atoms with Crippen LogP contribution in [0.3, 0.4) is 0 Å². The molecule has 4 rings (SSSR count). The summed E-state index contributed by atoms with van der Waals surface area (Å²) in [5.74, 6) is 2.99. The molecule has 0 radical (unpaired) electrons. The van der Waals surface area contributed by atoms with Gasteiger partial charge >= 0.3 is 0 Å². The third kappa shape index (κ3) is 3.06. The first-order chi connectivity index (χ1) is 11.3. The quantitative estimate of drug-likeness (QED) is 0.841. The predicted octanol–water partition coefficient (Wildman–Crippen LogP) is 2.34. The van der Waals surface area contributed by atoms with Gasteiger partial charge in [0.2, 0.25) is 5.91 Å². The van der Waals surface area contributed by atoms with Gasteiger partial charge in [-0.1, -0.05) is 19.3 Å². The summed E-state index contributed by atoms with van der Waals surface area (Å²) in [5, 5.41) is 0. The highest BCUT2D eigenvalue weighted by atomic mass is 16.2. The van der Waals surface area contributed by atoms with Crippen molar-refractivity contribution < 1.29 is 4.79 Å². The number of rotatable bonds is 2. The number of piperidine rings is 1. The van der Waals surface area contributed by atoms with Crippen molar-refractivity contribution in [2.75, 3.05) is 31.1 Å². The molecule has 23 heavy (non-hydrogen) atoms. The van der Waals surface area contributed by atoms with E-state index < -0.39 is 0 Å². The number of amides is 1. The summed E-state index contributed by atoms with van der Waals surface area (Å²) in [6.45, 7) is 3.97. The molecule has 0 unspecified atom stereocenters. The Hall–Kier alpha value is -1.65. The van der Waals surface area contributed by atoms with Gasteiger partial charge in [0.05, 0.1) is 6.20 Å². The van der Waals surface area contributed by atoms with Crippen molar-refractivity contribution in [1.82, 2.24) is 14.9 Å². The van der Waals surface area contributed by atoms with E-state index in [9.17, 15) is 4.79 Å². The van der Waals surface area contributed by atoms with Gasteiger partial charge in [-0.25, -0.2) is 4.98 Å². The van der Waals surface area contributed by atoms with E-state index in [1.165, 1.54) is 19.3 Å². The van der Waals surface area contributed by atoms with Crippen LogP contribution >= 0.6 is 0 Å². The van der Waals surface area contributed by atoms with Crippen LogP contribution in [0, 0.1) is 17.8 Å². The zero-order valence-corrected chi connectivity index (χ0v) is 13.7. The van der Waals surface area contributed by atoms with Crippen molar-refractivity contribution in [2.45, 2.75) is 38.5 Å². The maximum absolute atomic E-state index is 12.8. The van der Waals surface area contributed by atoms with Crippen LogP contribution in [0.4, 0.5) is 5.82 Å². The van der Waals surface area contributed by atoms with Gasteiger partial charge in [-0.2, -0.15) is 0 Å². The zero-order valence-electron chi connectivity index (χ0n) is 13.7. The van der Waals surface area contributed by atoms with E-state index in [1.54, 1.807) is 12.4 Å². The molecule has 3 aliphatic rings. The normalized spacial score (nSPS) is 28.7. The first-order valence-corrected chi connectivity index (χ1v) is 9.11. The molecule has 2 saturated heterocycles. The number of carbonyl (C=O) groups is 1. The summed E-state index contributed by atoms with van der Waals surface area (Å²) in [6.07, 6.45) is 12.5. The fourth-order valence-electron chi connectivity index (χ4n) is 4.62. The first kappa shape index (κ1) is 14.9. The summed E-state index contributed by atoms with van der Waals surface area (Å²) in [4.78, 5) is 25.9. The second-order valence-electron chi connectivity index (χ2n) is 7.40. The maximum atomic E-state index is 12.8. The average Bonchev–Trinajstić information content (AvgIpc) is 3.06. The molecule has 3 heterocycles. The first-order valence-electron chi connectivity index (χ1n) is 9.11. The SMILES string of the molecule is O=C(C1CCCCC1)N1C[C@@H]2CCN(c3cnccn3)C[C@@H]2C1. The largest absolute Gasteiger partial charge is 0.355 e.